The smallest absolute Gasteiger partial charge is 0.254 e. The Bertz CT molecular complexity index is 457. The standard InChI is InChI=1S/C12H15N3O2/c1-3-13-12-14-10(11(16)15-12)8-6-4-5-7-9(8)17-2/h4-7,10H,3H2,1-2H3,(H2,13,14,15,16). The van der Waals surface area contributed by atoms with E-state index in [4.69, 9.17) is 4.74 Å². The normalized spacial score (nSPS) is 21.2. The summed E-state index contributed by atoms with van der Waals surface area (Å²) < 4.78 is 5.24. The first kappa shape index (κ1) is 11.4. The molecule has 1 saturated heterocycles. The Hall–Kier alpha value is -2.04. The van der Waals surface area contributed by atoms with E-state index in [0.29, 0.717) is 18.3 Å². The second kappa shape index (κ2) is 4.86. The number of hydrogen-bond acceptors (Lipinski definition) is 3. The van der Waals surface area contributed by atoms with Crippen LogP contribution in [0.4, 0.5) is 0 Å². The third-order valence-electron chi connectivity index (χ3n) is 2.55. The second-order valence-corrected chi connectivity index (χ2v) is 3.63. The summed E-state index contributed by atoms with van der Waals surface area (Å²) in [6.07, 6.45) is 0. The van der Waals surface area contributed by atoms with Crippen LogP contribution < -0.4 is 15.4 Å². The van der Waals surface area contributed by atoms with Gasteiger partial charge in [-0.1, -0.05) is 18.2 Å². The van der Waals surface area contributed by atoms with Crippen LogP contribution in [0.2, 0.25) is 0 Å². The lowest BCUT2D eigenvalue weighted by Gasteiger charge is -2.12. The summed E-state index contributed by atoms with van der Waals surface area (Å²) in [6.45, 7) is 2.54. The Kier molecular flexibility index (Phi) is 3.27. The van der Waals surface area contributed by atoms with E-state index in [1.165, 1.54) is 0 Å². The van der Waals surface area contributed by atoms with E-state index in [1.54, 1.807) is 7.11 Å². The summed E-state index contributed by atoms with van der Waals surface area (Å²) in [7, 11) is 1.59. The lowest BCUT2D eigenvalue weighted by Crippen LogP contribution is -2.25. The molecule has 1 atom stereocenters. The van der Waals surface area contributed by atoms with E-state index in [1.807, 2.05) is 31.2 Å². The number of benzene rings is 1. The van der Waals surface area contributed by atoms with Gasteiger partial charge in [-0.2, -0.15) is 0 Å². The van der Waals surface area contributed by atoms with Gasteiger partial charge in [0.1, 0.15) is 11.8 Å². The predicted molar refractivity (Wildman–Crippen MR) is 65.0 cm³/mol. The van der Waals surface area contributed by atoms with Gasteiger partial charge in [-0.05, 0) is 13.0 Å². The number of aliphatic imine (C=N–C) groups is 1. The Balaban J connectivity index is 2.29. The molecule has 1 aromatic carbocycles. The number of methoxy groups -OCH3 is 1. The number of ether oxygens (including phenoxy) is 1. The zero-order valence-corrected chi connectivity index (χ0v) is 9.86. The van der Waals surface area contributed by atoms with E-state index in [0.717, 1.165) is 5.56 Å². The van der Waals surface area contributed by atoms with Gasteiger partial charge in [0.25, 0.3) is 5.91 Å². The average Bonchev–Trinajstić information content (AvgIpc) is 2.70. The fourth-order valence-corrected chi connectivity index (χ4v) is 1.79. The summed E-state index contributed by atoms with van der Waals surface area (Å²) in [4.78, 5) is 16.0. The molecule has 1 aliphatic heterocycles. The van der Waals surface area contributed by atoms with Crippen molar-refractivity contribution in [1.82, 2.24) is 10.6 Å². The van der Waals surface area contributed by atoms with Crippen molar-refractivity contribution in [3.05, 3.63) is 29.8 Å². The highest BCUT2D eigenvalue weighted by atomic mass is 16.5. The lowest BCUT2D eigenvalue weighted by molar-refractivity contribution is -0.120. The van der Waals surface area contributed by atoms with Crippen molar-refractivity contribution in [3.63, 3.8) is 0 Å². The maximum atomic E-state index is 11.8. The van der Waals surface area contributed by atoms with Gasteiger partial charge in [0.15, 0.2) is 5.96 Å². The fraction of sp³-hybridized carbons (Fsp3) is 0.333. The predicted octanol–water partition coefficient (Wildman–Crippen LogP) is 0.832. The van der Waals surface area contributed by atoms with Crippen LogP contribution in [0, 0.1) is 0 Å². The molecule has 1 heterocycles. The zero-order chi connectivity index (χ0) is 12.3. The van der Waals surface area contributed by atoms with Gasteiger partial charge in [-0.15, -0.1) is 0 Å². The molecule has 0 bridgehead atoms. The molecular formula is C12H15N3O2. The Morgan fingerprint density at radius 3 is 2.88 bits per heavy atom. The third-order valence-corrected chi connectivity index (χ3v) is 2.55. The summed E-state index contributed by atoms with van der Waals surface area (Å²) in [5.74, 6) is 1.10. The molecule has 2 N–H and O–H groups in total. The number of carbonyl (C=O) groups is 1. The number of hydrogen-bond donors (Lipinski definition) is 2. The van der Waals surface area contributed by atoms with Gasteiger partial charge in [-0.25, -0.2) is 0 Å². The number of guanidine groups is 1. The Morgan fingerprint density at radius 1 is 1.41 bits per heavy atom. The summed E-state index contributed by atoms with van der Waals surface area (Å²) in [6, 6.07) is 7.01. The van der Waals surface area contributed by atoms with Crippen LogP contribution in [-0.4, -0.2) is 25.5 Å². The highest BCUT2D eigenvalue weighted by Crippen LogP contribution is 2.26. The van der Waals surface area contributed by atoms with Crippen LogP contribution in [0.1, 0.15) is 18.5 Å². The van der Waals surface area contributed by atoms with Gasteiger partial charge >= 0.3 is 0 Å². The third kappa shape index (κ3) is 2.22. The number of amides is 1. The van der Waals surface area contributed by atoms with Crippen molar-refractivity contribution in [3.8, 4) is 5.75 Å². The first-order valence-corrected chi connectivity index (χ1v) is 5.51. The largest absolute Gasteiger partial charge is 0.496 e. The SMILES string of the molecule is CCN=C1NC(=O)C(c2ccccc2OC)N1. The monoisotopic (exact) mass is 233 g/mol. The van der Waals surface area contributed by atoms with E-state index in [9.17, 15) is 4.79 Å². The van der Waals surface area contributed by atoms with Gasteiger partial charge in [0, 0.05) is 12.1 Å². The Morgan fingerprint density at radius 2 is 2.18 bits per heavy atom. The molecule has 0 spiro atoms. The molecule has 1 aromatic rings. The van der Waals surface area contributed by atoms with Crippen LogP contribution in [0.3, 0.4) is 0 Å². The molecule has 0 aliphatic carbocycles. The molecule has 0 radical (unpaired) electrons. The average molecular weight is 233 g/mol. The molecule has 0 aromatic heterocycles. The number of carbonyl (C=O) groups excluding carboxylic acids is 1. The van der Waals surface area contributed by atoms with Crippen LogP contribution in [0.25, 0.3) is 0 Å². The molecule has 90 valence electrons. The first-order valence-electron chi connectivity index (χ1n) is 5.51. The minimum Gasteiger partial charge on any atom is -0.496 e. The van der Waals surface area contributed by atoms with Crippen molar-refractivity contribution in [2.75, 3.05) is 13.7 Å². The first-order chi connectivity index (χ1) is 8.26. The van der Waals surface area contributed by atoms with Crippen LogP contribution >= 0.6 is 0 Å². The van der Waals surface area contributed by atoms with E-state index in [2.05, 4.69) is 15.6 Å². The van der Waals surface area contributed by atoms with Gasteiger partial charge in [-0.3, -0.25) is 15.1 Å². The minimum atomic E-state index is -0.434. The molecular weight excluding hydrogens is 218 g/mol. The molecule has 2 rings (SSSR count). The minimum absolute atomic E-state index is 0.110. The van der Waals surface area contributed by atoms with E-state index < -0.39 is 6.04 Å². The van der Waals surface area contributed by atoms with Gasteiger partial charge in [0.2, 0.25) is 0 Å². The molecule has 1 unspecified atom stereocenters. The van der Waals surface area contributed by atoms with Crippen molar-refractivity contribution in [2.45, 2.75) is 13.0 Å². The summed E-state index contributed by atoms with van der Waals surface area (Å²) in [5, 5.41) is 5.74. The molecule has 1 aliphatic rings. The Labute approximate surface area is 99.9 Å². The number of nitrogens with zero attached hydrogens (tertiary/aromatic N) is 1. The zero-order valence-electron chi connectivity index (χ0n) is 9.86. The molecule has 0 saturated carbocycles. The molecule has 17 heavy (non-hydrogen) atoms. The van der Waals surface area contributed by atoms with Crippen molar-refractivity contribution in [2.24, 2.45) is 4.99 Å². The maximum absolute atomic E-state index is 11.8. The van der Waals surface area contributed by atoms with Crippen LogP contribution in [0.15, 0.2) is 29.3 Å². The highest BCUT2D eigenvalue weighted by molar-refractivity contribution is 6.06. The fourth-order valence-electron chi connectivity index (χ4n) is 1.79. The van der Waals surface area contributed by atoms with E-state index >= 15 is 0 Å². The topological polar surface area (TPSA) is 62.7 Å². The molecule has 1 amide bonds. The van der Waals surface area contributed by atoms with Crippen molar-refractivity contribution in [1.29, 1.82) is 0 Å². The van der Waals surface area contributed by atoms with E-state index in [-0.39, 0.29) is 5.91 Å². The quantitative estimate of drug-likeness (QED) is 0.813. The van der Waals surface area contributed by atoms with Gasteiger partial charge in [0.05, 0.1) is 7.11 Å². The van der Waals surface area contributed by atoms with Crippen LogP contribution in [-0.2, 0) is 4.79 Å². The number of para-hydroxylation sites is 1. The maximum Gasteiger partial charge on any atom is 0.254 e. The highest BCUT2D eigenvalue weighted by Gasteiger charge is 2.31. The van der Waals surface area contributed by atoms with Gasteiger partial charge < -0.3 is 10.1 Å². The number of nitrogens with one attached hydrogen (secondary N) is 2. The lowest BCUT2D eigenvalue weighted by atomic mass is 10.1. The summed E-state index contributed by atoms with van der Waals surface area (Å²) in [5.41, 5.74) is 0.814. The summed E-state index contributed by atoms with van der Waals surface area (Å²) >= 11 is 0. The number of rotatable bonds is 3. The second-order valence-electron chi connectivity index (χ2n) is 3.63. The van der Waals surface area contributed by atoms with Crippen LogP contribution in [0.5, 0.6) is 5.75 Å². The van der Waals surface area contributed by atoms with Crippen molar-refractivity contribution < 1.29 is 9.53 Å². The van der Waals surface area contributed by atoms with Crippen molar-refractivity contribution >= 4 is 11.9 Å². The molecule has 5 heteroatoms. The molecule has 1 fully saturated rings. The molecule has 5 nitrogen and oxygen atoms in total.